The van der Waals surface area contributed by atoms with Crippen molar-refractivity contribution in [3.05, 3.63) is 48.5 Å². The van der Waals surface area contributed by atoms with Crippen LogP contribution in [0.1, 0.15) is 13.8 Å². The van der Waals surface area contributed by atoms with Crippen LogP contribution in [0.15, 0.2) is 53.4 Å². The van der Waals surface area contributed by atoms with E-state index in [9.17, 15) is 26.4 Å². The first-order chi connectivity index (χ1) is 13.3. The van der Waals surface area contributed by atoms with Gasteiger partial charge in [-0.1, -0.05) is 12.1 Å². The van der Waals surface area contributed by atoms with Crippen molar-refractivity contribution in [2.24, 2.45) is 5.41 Å². The Morgan fingerprint density at radius 2 is 1.59 bits per heavy atom. The zero-order chi connectivity index (χ0) is 21.9. The second-order valence-corrected chi connectivity index (χ2v) is 8.57. The summed E-state index contributed by atoms with van der Waals surface area (Å²) in [5, 5.41) is 2.64. The molecule has 2 aromatic carbocycles. The SMILES string of the molecule is CC(C)(CCl)C(=O)Nc1ccc(NS(=O)(=O)c2ccccc2OC(F)(F)F)cc1. The molecule has 0 unspecified atom stereocenters. The molecule has 0 fully saturated rings. The normalized spacial score (nSPS) is 12.3. The third kappa shape index (κ3) is 6.26. The van der Waals surface area contributed by atoms with Gasteiger partial charge in [0.15, 0.2) is 0 Å². The predicted octanol–water partition coefficient (Wildman–Crippen LogP) is 4.59. The number of carbonyl (C=O) groups is 1. The largest absolute Gasteiger partial charge is 0.573 e. The number of benzene rings is 2. The van der Waals surface area contributed by atoms with Gasteiger partial charge in [0.25, 0.3) is 10.0 Å². The van der Waals surface area contributed by atoms with Gasteiger partial charge in [-0.3, -0.25) is 9.52 Å². The molecule has 0 radical (unpaired) electrons. The van der Waals surface area contributed by atoms with Gasteiger partial charge in [-0.15, -0.1) is 24.8 Å². The zero-order valence-electron chi connectivity index (χ0n) is 15.4. The van der Waals surface area contributed by atoms with Crippen LogP contribution in [0.5, 0.6) is 5.75 Å². The van der Waals surface area contributed by atoms with Gasteiger partial charge in [-0.05, 0) is 50.2 Å². The smallest absolute Gasteiger partial charge is 0.404 e. The molecule has 0 saturated carbocycles. The summed E-state index contributed by atoms with van der Waals surface area (Å²) in [4.78, 5) is 11.4. The number of para-hydroxylation sites is 1. The van der Waals surface area contributed by atoms with Crippen molar-refractivity contribution in [3.63, 3.8) is 0 Å². The highest BCUT2D eigenvalue weighted by atomic mass is 35.5. The Morgan fingerprint density at radius 1 is 1.03 bits per heavy atom. The topological polar surface area (TPSA) is 84.5 Å². The highest BCUT2D eigenvalue weighted by Crippen LogP contribution is 2.30. The van der Waals surface area contributed by atoms with Crippen molar-refractivity contribution in [3.8, 4) is 5.75 Å². The minimum absolute atomic E-state index is 0.0846. The van der Waals surface area contributed by atoms with Gasteiger partial charge in [-0.25, -0.2) is 8.42 Å². The first-order valence-electron chi connectivity index (χ1n) is 8.19. The fourth-order valence-corrected chi connectivity index (χ4v) is 3.38. The summed E-state index contributed by atoms with van der Waals surface area (Å²) in [6.07, 6.45) is -5.04. The molecule has 0 saturated heterocycles. The zero-order valence-corrected chi connectivity index (χ0v) is 17.0. The lowest BCUT2D eigenvalue weighted by atomic mass is 9.95. The van der Waals surface area contributed by atoms with Gasteiger partial charge in [0.1, 0.15) is 10.6 Å². The second-order valence-electron chi connectivity index (χ2n) is 6.65. The van der Waals surface area contributed by atoms with E-state index in [0.29, 0.717) is 5.69 Å². The number of sulfonamides is 1. The minimum atomic E-state index is -5.04. The molecule has 158 valence electrons. The Kier molecular flexibility index (Phi) is 6.69. The lowest BCUT2D eigenvalue weighted by Crippen LogP contribution is -2.32. The summed E-state index contributed by atoms with van der Waals surface area (Å²) < 4.78 is 68.5. The maximum atomic E-state index is 12.5. The minimum Gasteiger partial charge on any atom is -0.404 e. The molecule has 0 aliphatic heterocycles. The number of rotatable bonds is 7. The van der Waals surface area contributed by atoms with Gasteiger partial charge in [0, 0.05) is 17.3 Å². The van der Waals surface area contributed by atoms with Crippen LogP contribution in [0.2, 0.25) is 0 Å². The van der Waals surface area contributed by atoms with Crippen LogP contribution in [-0.2, 0) is 14.8 Å². The van der Waals surface area contributed by atoms with Crippen LogP contribution in [-0.4, -0.2) is 26.6 Å². The van der Waals surface area contributed by atoms with E-state index in [1.165, 1.54) is 36.4 Å². The number of amides is 1. The van der Waals surface area contributed by atoms with Gasteiger partial charge in [-0.2, -0.15) is 0 Å². The number of anilines is 2. The molecule has 2 rings (SSSR count). The fraction of sp³-hybridized carbons (Fsp3) is 0.278. The van der Waals surface area contributed by atoms with Crippen LogP contribution in [0, 0.1) is 5.41 Å². The molecule has 0 aliphatic carbocycles. The number of ether oxygens (including phenoxy) is 1. The lowest BCUT2D eigenvalue weighted by molar-refractivity contribution is -0.275. The third-order valence-electron chi connectivity index (χ3n) is 3.71. The molecular formula is C18H18ClF3N2O4S. The van der Waals surface area contributed by atoms with Crippen molar-refractivity contribution < 1.29 is 31.1 Å². The highest BCUT2D eigenvalue weighted by Gasteiger charge is 2.34. The molecule has 2 N–H and O–H groups in total. The predicted molar refractivity (Wildman–Crippen MR) is 104 cm³/mol. The average molecular weight is 451 g/mol. The molecule has 2 aromatic rings. The molecule has 0 atom stereocenters. The van der Waals surface area contributed by atoms with Crippen LogP contribution < -0.4 is 14.8 Å². The molecule has 29 heavy (non-hydrogen) atoms. The molecule has 6 nitrogen and oxygen atoms in total. The number of carbonyl (C=O) groups excluding carboxylic acids is 1. The summed E-state index contributed by atoms with van der Waals surface area (Å²) in [6, 6.07) is 9.99. The van der Waals surface area contributed by atoms with Crippen LogP contribution in [0.25, 0.3) is 0 Å². The van der Waals surface area contributed by atoms with Crippen LogP contribution in [0.4, 0.5) is 24.5 Å². The Morgan fingerprint density at radius 3 is 2.14 bits per heavy atom. The highest BCUT2D eigenvalue weighted by molar-refractivity contribution is 7.92. The Bertz CT molecular complexity index is 977. The van der Waals surface area contributed by atoms with E-state index in [4.69, 9.17) is 11.6 Å². The van der Waals surface area contributed by atoms with Crippen LogP contribution >= 0.6 is 11.6 Å². The number of nitrogens with one attached hydrogen (secondary N) is 2. The molecule has 11 heteroatoms. The summed E-state index contributed by atoms with van der Waals surface area (Å²) in [5.41, 5.74) is -0.317. The Labute approximate surface area is 171 Å². The quantitative estimate of drug-likeness (QED) is 0.604. The summed E-state index contributed by atoms with van der Waals surface area (Å²) in [7, 11) is -4.36. The van der Waals surface area contributed by atoms with Crippen molar-refractivity contribution in [2.75, 3.05) is 15.9 Å². The molecular weight excluding hydrogens is 433 g/mol. The fourth-order valence-electron chi connectivity index (χ4n) is 2.07. The van der Waals surface area contributed by atoms with E-state index >= 15 is 0 Å². The van der Waals surface area contributed by atoms with E-state index in [1.54, 1.807) is 13.8 Å². The molecule has 0 spiro atoms. The average Bonchev–Trinajstić information content (AvgIpc) is 2.62. The third-order valence-corrected chi connectivity index (χ3v) is 5.80. The monoisotopic (exact) mass is 450 g/mol. The maximum absolute atomic E-state index is 12.5. The Balaban J connectivity index is 2.19. The molecule has 0 bridgehead atoms. The first kappa shape index (κ1) is 22.8. The molecule has 0 aliphatic rings. The van der Waals surface area contributed by atoms with Crippen molar-refractivity contribution in [1.29, 1.82) is 0 Å². The van der Waals surface area contributed by atoms with Gasteiger partial charge >= 0.3 is 6.36 Å². The van der Waals surface area contributed by atoms with Gasteiger partial charge in [0.2, 0.25) is 5.91 Å². The van der Waals surface area contributed by atoms with Crippen molar-refractivity contribution in [2.45, 2.75) is 25.1 Å². The van der Waals surface area contributed by atoms with Gasteiger partial charge in [0.05, 0.1) is 5.41 Å². The first-order valence-corrected chi connectivity index (χ1v) is 10.2. The standard InChI is InChI=1S/C18H18ClF3N2O4S/c1-17(2,11-19)16(25)23-12-7-9-13(10-8-12)24-29(26,27)15-6-4-3-5-14(15)28-18(20,21)22/h3-10,24H,11H2,1-2H3,(H,23,25). The summed E-state index contributed by atoms with van der Waals surface area (Å²) in [6.45, 7) is 3.33. The number of hydrogen-bond acceptors (Lipinski definition) is 4. The summed E-state index contributed by atoms with van der Waals surface area (Å²) in [5.74, 6) is -1.06. The molecule has 0 heterocycles. The van der Waals surface area contributed by atoms with E-state index in [1.807, 2.05) is 0 Å². The van der Waals surface area contributed by atoms with E-state index in [0.717, 1.165) is 12.1 Å². The Hall–Kier alpha value is -2.46. The van der Waals surface area contributed by atoms with Crippen LogP contribution in [0.3, 0.4) is 0 Å². The summed E-state index contributed by atoms with van der Waals surface area (Å²) >= 11 is 5.75. The van der Waals surface area contributed by atoms with Crippen molar-refractivity contribution >= 4 is 38.9 Å². The maximum Gasteiger partial charge on any atom is 0.573 e. The molecule has 0 aromatic heterocycles. The number of hydrogen-bond donors (Lipinski definition) is 2. The van der Waals surface area contributed by atoms with E-state index < -0.39 is 32.4 Å². The number of alkyl halides is 4. The lowest BCUT2D eigenvalue weighted by Gasteiger charge is -2.20. The van der Waals surface area contributed by atoms with Crippen molar-refractivity contribution in [1.82, 2.24) is 0 Å². The van der Waals surface area contributed by atoms with Gasteiger partial charge < -0.3 is 10.1 Å². The number of halogens is 4. The second kappa shape index (κ2) is 8.50. The van der Waals surface area contributed by atoms with E-state index in [-0.39, 0.29) is 17.5 Å². The van der Waals surface area contributed by atoms with E-state index in [2.05, 4.69) is 14.8 Å². The molecule has 1 amide bonds.